The maximum absolute atomic E-state index is 4.47. The monoisotopic (exact) mass is 251 g/mol. The van der Waals surface area contributed by atoms with Crippen LogP contribution in [0.25, 0.3) is 10.9 Å². The summed E-state index contributed by atoms with van der Waals surface area (Å²) in [7, 11) is 0. The summed E-state index contributed by atoms with van der Waals surface area (Å²) in [6.45, 7) is 1.02. The highest BCUT2D eigenvalue weighted by Crippen LogP contribution is 2.42. The van der Waals surface area contributed by atoms with Gasteiger partial charge in [-0.15, -0.1) is 0 Å². The molecule has 1 saturated carbocycles. The number of aromatic amines is 1. The highest BCUT2D eigenvalue weighted by atomic mass is 15.0. The van der Waals surface area contributed by atoms with E-state index in [1.165, 1.54) is 23.7 Å². The molecule has 0 saturated heterocycles. The standard InChI is InChI=1S/C16H17N3/c1-2-4-15-13(3-1)7-10-19(15)11-14(12-5-6-12)16-17-8-9-18-16/h1-4,7-10,12,14H,5-6,11H2,(H,17,18). The van der Waals surface area contributed by atoms with Crippen LogP contribution in [-0.4, -0.2) is 14.5 Å². The number of benzene rings is 1. The minimum Gasteiger partial charge on any atom is -0.348 e. The zero-order valence-electron chi connectivity index (χ0n) is 10.8. The van der Waals surface area contributed by atoms with Crippen LogP contribution in [0.5, 0.6) is 0 Å². The molecule has 1 aliphatic rings. The van der Waals surface area contributed by atoms with Gasteiger partial charge in [0.05, 0.1) is 0 Å². The second-order valence-corrected chi connectivity index (χ2v) is 5.45. The number of aromatic nitrogens is 3. The first-order valence-corrected chi connectivity index (χ1v) is 6.95. The van der Waals surface area contributed by atoms with Gasteiger partial charge < -0.3 is 9.55 Å². The van der Waals surface area contributed by atoms with Crippen LogP contribution in [0.3, 0.4) is 0 Å². The van der Waals surface area contributed by atoms with Crippen LogP contribution < -0.4 is 0 Å². The van der Waals surface area contributed by atoms with Crippen molar-refractivity contribution in [2.75, 3.05) is 0 Å². The number of H-pyrrole nitrogens is 1. The topological polar surface area (TPSA) is 33.6 Å². The number of imidazole rings is 1. The molecule has 2 aromatic heterocycles. The van der Waals surface area contributed by atoms with Crippen molar-refractivity contribution < 1.29 is 0 Å². The summed E-state index contributed by atoms with van der Waals surface area (Å²) in [5, 5.41) is 1.32. The fraction of sp³-hybridized carbons (Fsp3) is 0.312. The molecular formula is C16H17N3. The van der Waals surface area contributed by atoms with Gasteiger partial charge in [-0.2, -0.15) is 0 Å². The van der Waals surface area contributed by atoms with E-state index in [9.17, 15) is 0 Å². The van der Waals surface area contributed by atoms with Crippen molar-refractivity contribution in [3.63, 3.8) is 0 Å². The van der Waals surface area contributed by atoms with E-state index in [1.54, 1.807) is 0 Å². The Hall–Kier alpha value is -2.03. The highest BCUT2D eigenvalue weighted by molar-refractivity contribution is 5.79. The Kier molecular flexibility index (Phi) is 2.44. The van der Waals surface area contributed by atoms with Crippen LogP contribution in [-0.2, 0) is 6.54 Å². The smallest absolute Gasteiger partial charge is 0.111 e. The molecule has 96 valence electrons. The quantitative estimate of drug-likeness (QED) is 0.755. The van der Waals surface area contributed by atoms with Crippen LogP contribution in [0.4, 0.5) is 0 Å². The maximum Gasteiger partial charge on any atom is 0.111 e. The third kappa shape index (κ3) is 1.95. The average Bonchev–Trinajstić information content (AvgIpc) is 3.00. The molecule has 1 aliphatic carbocycles. The minimum absolute atomic E-state index is 0.519. The molecule has 0 radical (unpaired) electrons. The van der Waals surface area contributed by atoms with Crippen LogP contribution in [0.1, 0.15) is 24.6 Å². The number of nitrogens with zero attached hydrogens (tertiary/aromatic N) is 2. The van der Waals surface area contributed by atoms with Crippen molar-refractivity contribution >= 4 is 10.9 Å². The summed E-state index contributed by atoms with van der Waals surface area (Å²) < 4.78 is 2.36. The molecule has 1 unspecified atom stereocenters. The first kappa shape index (κ1) is 10.9. The Labute approximate surface area is 112 Å². The molecule has 0 bridgehead atoms. The molecule has 3 nitrogen and oxygen atoms in total. The van der Waals surface area contributed by atoms with Crippen LogP contribution in [0.2, 0.25) is 0 Å². The zero-order chi connectivity index (χ0) is 12.7. The number of rotatable bonds is 4. The lowest BCUT2D eigenvalue weighted by Crippen LogP contribution is -2.12. The Morgan fingerprint density at radius 1 is 1.26 bits per heavy atom. The Morgan fingerprint density at radius 3 is 2.95 bits per heavy atom. The predicted octanol–water partition coefficient (Wildman–Crippen LogP) is 3.56. The fourth-order valence-corrected chi connectivity index (χ4v) is 2.95. The summed E-state index contributed by atoms with van der Waals surface area (Å²) in [5.41, 5.74) is 1.32. The lowest BCUT2D eigenvalue weighted by atomic mass is 10.0. The van der Waals surface area contributed by atoms with Gasteiger partial charge >= 0.3 is 0 Å². The van der Waals surface area contributed by atoms with Gasteiger partial charge in [-0.25, -0.2) is 4.98 Å². The largest absolute Gasteiger partial charge is 0.348 e. The summed E-state index contributed by atoms with van der Waals surface area (Å²) in [6, 6.07) is 10.8. The first-order chi connectivity index (χ1) is 9.42. The molecule has 1 aromatic carbocycles. The van der Waals surface area contributed by atoms with E-state index >= 15 is 0 Å². The number of para-hydroxylation sites is 1. The average molecular weight is 251 g/mol. The molecule has 1 atom stereocenters. The van der Waals surface area contributed by atoms with Crippen molar-refractivity contribution in [2.24, 2.45) is 5.92 Å². The summed E-state index contributed by atoms with van der Waals surface area (Å²) >= 11 is 0. The lowest BCUT2D eigenvalue weighted by Gasteiger charge is -2.15. The number of hydrogen-bond donors (Lipinski definition) is 1. The maximum atomic E-state index is 4.47. The third-order valence-corrected chi connectivity index (χ3v) is 4.14. The number of nitrogens with one attached hydrogen (secondary N) is 1. The molecule has 4 rings (SSSR count). The van der Waals surface area contributed by atoms with Gasteiger partial charge in [-0.1, -0.05) is 18.2 Å². The number of fused-ring (bicyclic) bond motifs is 1. The highest BCUT2D eigenvalue weighted by Gasteiger charge is 2.34. The van der Waals surface area contributed by atoms with E-state index in [2.05, 4.69) is 51.1 Å². The van der Waals surface area contributed by atoms with Crippen molar-refractivity contribution in [1.29, 1.82) is 0 Å². The molecular weight excluding hydrogens is 234 g/mol. The lowest BCUT2D eigenvalue weighted by molar-refractivity contribution is 0.497. The van der Waals surface area contributed by atoms with Crippen molar-refractivity contribution in [3.05, 3.63) is 54.7 Å². The van der Waals surface area contributed by atoms with E-state index in [1.807, 2.05) is 12.4 Å². The van der Waals surface area contributed by atoms with Gasteiger partial charge in [-0.05, 0) is 36.3 Å². The second-order valence-electron chi connectivity index (χ2n) is 5.45. The van der Waals surface area contributed by atoms with Crippen LogP contribution in [0, 0.1) is 5.92 Å². The second kappa shape index (κ2) is 4.26. The molecule has 3 heteroatoms. The number of hydrogen-bond acceptors (Lipinski definition) is 1. The summed E-state index contributed by atoms with van der Waals surface area (Å²) in [4.78, 5) is 7.76. The molecule has 1 fully saturated rings. The molecule has 1 N–H and O–H groups in total. The zero-order valence-corrected chi connectivity index (χ0v) is 10.8. The third-order valence-electron chi connectivity index (χ3n) is 4.14. The van der Waals surface area contributed by atoms with Gasteiger partial charge in [0.2, 0.25) is 0 Å². The molecule has 3 aromatic rings. The summed E-state index contributed by atoms with van der Waals surface area (Å²) in [5.74, 6) is 2.46. The molecule has 0 spiro atoms. The molecule has 0 aliphatic heterocycles. The predicted molar refractivity (Wildman–Crippen MR) is 76.0 cm³/mol. The van der Waals surface area contributed by atoms with Crippen LogP contribution in [0.15, 0.2) is 48.9 Å². The SMILES string of the molecule is c1ccc2c(c1)ccn2CC(c1ncc[nH]1)C1CC1. The van der Waals surface area contributed by atoms with Crippen molar-refractivity contribution in [2.45, 2.75) is 25.3 Å². The van der Waals surface area contributed by atoms with Gasteiger partial charge in [0.15, 0.2) is 0 Å². The van der Waals surface area contributed by atoms with Crippen molar-refractivity contribution in [3.8, 4) is 0 Å². The van der Waals surface area contributed by atoms with E-state index < -0.39 is 0 Å². The Balaban J connectivity index is 1.69. The van der Waals surface area contributed by atoms with Gasteiger partial charge in [0.25, 0.3) is 0 Å². The van der Waals surface area contributed by atoms with Gasteiger partial charge in [0, 0.05) is 36.6 Å². The van der Waals surface area contributed by atoms with Crippen LogP contribution >= 0.6 is 0 Å². The van der Waals surface area contributed by atoms with Crippen molar-refractivity contribution in [1.82, 2.24) is 14.5 Å². The van der Waals surface area contributed by atoms with E-state index in [0.717, 1.165) is 18.3 Å². The van der Waals surface area contributed by atoms with E-state index in [-0.39, 0.29) is 0 Å². The van der Waals surface area contributed by atoms with Gasteiger partial charge in [-0.3, -0.25) is 0 Å². The van der Waals surface area contributed by atoms with E-state index in [0.29, 0.717) is 5.92 Å². The Bertz CT molecular complexity index is 677. The van der Waals surface area contributed by atoms with Gasteiger partial charge in [0.1, 0.15) is 5.82 Å². The fourth-order valence-electron chi connectivity index (χ4n) is 2.95. The molecule has 19 heavy (non-hydrogen) atoms. The minimum atomic E-state index is 0.519. The Morgan fingerprint density at radius 2 is 2.16 bits per heavy atom. The normalized spacial score (nSPS) is 16.8. The first-order valence-electron chi connectivity index (χ1n) is 6.95. The van der Waals surface area contributed by atoms with E-state index in [4.69, 9.17) is 0 Å². The molecule has 2 heterocycles. The summed E-state index contributed by atoms with van der Waals surface area (Å²) in [6.07, 6.45) is 8.66. The molecule has 0 amide bonds.